The fourth-order valence-electron chi connectivity index (χ4n) is 7.01. The molecule has 7 rings (SSSR count). The molecule has 0 radical (unpaired) electrons. The molecule has 0 spiro atoms. The van der Waals surface area contributed by atoms with E-state index in [0.717, 1.165) is 47.2 Å². The minimum absolute atomic E-state index is 0.746. The van der Waals surface area contributed by atoms with Gasteiger partial charge in [0.05, 0.1) is 10.1 Å². The van der Waals surface area contributed by atoms with Gasteiger partial charge in [0, 0.05) is 7.92 Å². The van der Waals surface area contributed by atoms with Gasteiger partial charge in [0.25, 0.3) is 0 Å². The van der Waals surface area contributed by atoms with Gasteiger partial charge in [-0.25, -0.2) is 0 Å². The summed E-state index contributed by atoms with van der Waals surface area (Å²) in [5.74, 6) is 0. The monoisotopic (exact) mass is 708 g/mol. The molecule has 0 aromatic heterocycles. The maximum absolute atomic E-state index is 11.9. The van der Waals surface area contributed by atoms with Crippen LogP contribution in [0.4, 0.5) is 0 Å². The molecule has 51 heavy (non-hydrogen) atoms. The fraction of sp³-hybridized carbons (Fsp3) is 0. The molecule has 5 heteroatoms. The van der Waals surface area contributed by atoms with Gasteiger partial charge < -0.3 is 0 Å². The topological polar surface area (TPSA) is 47.6 Å². The molecular formula is C46H35N2P3. The summed E-state index contributed by atoms with van der Waals surface area (Å²) < 4.78 is 0. The second-order valence-corrected chi connectivity index (χ2v) is 21.4. The van der Waals surface area contributed by atoms with Gasteiger partial charge >= 0.3 is 0 Å². The van der Waals surface area contributed by atoms with Crippen molar-refractivity contribution in [3.05, 3.63) is 212 Å². The second kappa shape index (κ2) is 15.6. The largest absolute Gasteiger partial charge is 0.192 e. The first kappa shape index (κ1) is 34.0. The molecule has 0 fully saturated rings. The van der Waals surface area contributed by atoms with Crippen LogP contribution < -0.4 is 37.1 Å². The van der Waals surface area contributed by atoms with Crippen LogP contribution in [0.25, 0.3) is 0 Å². The van der Waals surface area contributed by atoms with Crippen LogP contribution >= 0.6 is 21.7 Å². The molecule has 0 amide bonds. The van der Waals surface area contributed by atoms with Crippen molar-refractivity contribution in [2.24, 2.45) is 0 Å². The van der Waals surface area contributed by atoms with Gasteiger partial charge in [-0.05, 0) is 50.9 Å². The molecule has 0 bridgehead atoms. The summed E-state index contributed by atoms with van der Waals surface area (Å²) in [6.45, 7) is -5.73. The maximum atomic E-state index is 11.9. The van der Waals surface area contributed by atoms with Crippen LogP contribution in [0.15, 0.2) is 212 Å². The lowest BCUT2D eigenvalue weighted by atomic mass is 10.4. The van der Waals surface area contributed by atoms with Crippen molar-refractivity contribution in [2.75, 3.05) is 0 Å². The lowest BCUT2D eigenvalue weighted by molar-refractivity contribution is 1.56. The van der Waals surface area contributed by atoms with Gasteiger partial charge in [-0.2, -0.15) is 10.5 Å². The van der Waals surface area contributed by atoms with E-state index in [0.29, 0.717) is 0 Å². The third-order valence-electron chi connectivity index (χ3n) is 9.13. The normalized spacial score (nSPS) is 11.3. The molecule has 0 aliphatic heterocycles. The Bertz CT molecular complexity index is 2060. The Morgan fingerprint density at radius 3 is 0.706 bits per heavy atom. The number of nitrogens with zero attached hydrogens (tertiary/aromatic N) is 2. The van der Waals surface area contributed by atoms with Gasteiger partial charge in [0.15, 0.2) is 0 Å². The van der Waals surface area contributed by atoms with Crippen molar-refractivity contribution >= 4 is 68.9 Å². The van der Waals surface area contributed by atoms with Gasteiger partial charge in [-0.1, -0.05) is 212 Å². The van der Waals surface area contributed by atoms with E-state index in [1.807, 2.05) is 54.6 Å². The highest BCUT2D eigenvalue weighted by Crippen LogP contribution is 2.61. The Labute approximate surface area is 302 Å². The number of hydrogen-bond donors (Lipinski definition) is 0. The Kier molecular flexibility index (Phi) is 10.4. The van der Waals surface area contributed by atoms with Crippen LogP contribution in [0.1, 0.15) is 0 Å². The SMILES string of the molecule is N#CC(P(C(C#N)=P(c1ccccc1)(c1ccccc1)c1ccccc1)c1ccccc1)=P(c1ccccc1)(c1ccccc1)c1ccccc1. The molecule has 0 atom stereocenters. The number of benzene rings is 7. The van der Waals surface area contributed by atoms with E-state index in [-0.39, 0.29) is 0 Å². The Hall–Kier alpha value is -5.45. The van der Waals surface area contributed by atoms with Crippen LogP contribution in [0.5, 0.6) is 0 Å². The highest BCUT2D eigenvalue weighted by molar-refractivity contribution is 8.21. The smallest absolute Gasteiger partial charge is 0.101 e. The highest BCUT2D eigenvalue weighted by Gasteiger charge is 2.41. The summed E-state index contributed by atoms with van der Waals surface area (Å²) in [7, 11) is -1.69. The fourth-order valence-corrected chi connectivity index (χ4v) is 21.7. The molecule has 2 nitrogen and oxygen atoms in total. The first-order valence-corrected chi connectivity index (χ1v) is 21.7. The lowest BCUT2D eigenvalue weighted by Crippen LogP contribution is -2.34. The van der Waals surface area contributed by atoms with Gasteiger partial charge in [0.2, 0.25) is 0 Å². The van der Waals surface area contributed by atoms with Crippen molar-refractivity contribution in [1.82, 2.24) is 0 Å². The minimum atomic E-state index is -2.87. The second-order valence-electron chi connectivity index (χ2n) is 11.9. The van der Waals surface area contributed by atoms with Crippen molar-refractivity contribution in [2.45, 2.75) is 0 Å². The maximum Gasteiger partial charge on any atom is 0.101 e. The van der Waals surface area contributed by atoms with E-state index in [4.69, 9.17) is 0 Å². The molecule has 7 aromatic carbocycles. The van der Waals surface area contributed by atoms with E-state index in [2.05, 4.69) is 170 Å². The summed E-state index contributed by atoms with van der Waals surface area (Å²) >= 11 is 0. The first-order valence-electron chi connectivity index (χ1n) is 16.8. The summed E-state index contributed by atoms with van der Waals surface area (Å²) in [6.07, 6.45) is 0. The van der Waals surface area contributed by atoms with E-state index in [1.54, 1.807) is 0 Å². The average molecular weight is 709 g/mol. The Balaban J connectivity index is 1.83. The molecule has 0 heterocycles. The molecule has 0 aliphatic rings. The van der Waals surface area contributed by atoms with Crippen LogP contribution in [-0.4, -0.2) is 10.1 Å². The van der Waals surface area contributed by atoms with E-state index in [9.17, 15) is 10.5 Å². The zero-order valence-corrected chi connectivity index (χ0v) is 30.6. The van der Waals surface area contributed by atoms with Gasteiger partial charge in [-0.15, -0.1) is 0 Å². The standard InChI is InChI=1S/C46H35N2P3/c47-36-45(50(39-24-10-2-11-25-39,40-26-12-3-13-27-40)41-28-14-4-15-29-41)49(38-22-8-1-9-23-38)46(37-48)51(42-30-16-5-17-31-42,43-32-18-6-19-33-43)44-34-20-7-21-35-44/h1-35H. The third-order valence-corrected chi connectivity index (χ3v) is 21.9. The Morgan fingerprint density at radius 1 is 0.314 bits per heavy atom. The molecule has 0 aliphatic carbocycles. The number of hydrogen-bond acceptors (Lipinski definition) is 2. The molecule has 0 N–H and O–H groups in total. The van der Waals surface area contributed by atoms with Crippen LogP contribution in [0, 0.1) is 22.7 Å². The Morgan fingerprint density at radius 2 is 0.510 bits per heavy atom. The molecular weight excluding hydrogens is 673 g/mol. The van der Waals surface area contributed by atoms with Crippen molar-refractivity contribution < 1.29 is 0 Å². The first-order chi connectivity index (χ1) is 25.3. The third kappa shape index (κ3) is 6.15. The summed E-state index contributed by atoms with van der Waals surface area (Å²) in [5.41, 5.74) is 0. The van der Waals surface area contributed by atoms with Crippen molar-refractivity contribution in [1.29, 1.82) is 10.5 Å². The molecule has 0 saturated heterocycles. The minimum Gasteiger partial charge on any atom is -0.192 e. The summed E-state index contributed by atoms with van der Waals surface area (Å²) in [5, 5.41) is 32.9. The quantitative estimate of drug-likeness (QED) is 0.143. The summed E-state index contributed by atoms with van der Waals surface area (Å²) in [6, 6.07) is 79.2. The summed E-state index contributed by atoms with van der Waals surface area (Å²) in [4.78, 5) is 0. The molecule has 0 saturated carbocycles. The average Bonchev–Trinajstić information content (AvgIpc) is 3.23. The molecule has 244 valence electrons. The lowest BCUT2D eigenvalue weighted by Gasteiger charge is -2.37. The van der Waals surface area contributed by atoms with Gasteiger partial charge in [0.1, 0.15) is 12.1 Å². The zero-order valence-electron chi connectivity index (χ0n) is 27.9. The number of nitriles is 2. The van der Waals surface area contributed by atoms with E-state index in [1.165, 1.54) is 0 Å². The van der Waals surface area contributed by atoms with Crippen LogP contribution in [-0.2, 0) is 0 Å². The van der Waals surface area contributed by atoms with Crippen molar-refractivity contribution in [3.63, 3.8) is 0 Å². The van der Waals surface area contributed by atoms with Gasteiger partial charge in [-0.3, -0.25) is 0 Å². The number of rotatable bonds is 9. The van der Waals surface area contributed by atoms with Crippen LogP contribution in [0.2, 0.25) is 0 Å². The molecule has 0 unspecified atom stereocenters. The van der Waals surface area contributed by atoms with E-state index >= 15 is 0 Å². The zero-order chi connectivity index (χ0) is 34.9. The molecule has 7 aromatic rings. The van der Waals surface area contributed by atoms with Crippen molar-refractivity contribution in [3.8, 4) is 12.1 Å². The van der Waals surface area contributed by atoms with E-state index < -0.39 is 21.7 Å². The predicted octanol–water partition coefficient (Wildman–Crippen LogP) is 8.09. The highest BCUT2D eigenvalue weighted by atomic mass is 31.2. The van der Waals surface area contributed by atoms with Crippen LogP contribution in [0.3, 0.4) is 0 Å². The predicted molar refractivity (Wildman–Crippen MR) is 225 cm³/mol.